The van der Waals surface area contributed by atoms with Crippen molar-refractivity contribution in [1.29, 1.82) is 0 Å². The molecule has 0 atom stereocenters. The fraction of sp³-hybridized carbons (Fsp3) is 0.533. The number of ether oxygens (including phenoxy) is 1. The van der Waals surface area contributed by atoms with Crippen molar-refractivity contribution < 1.29 is 9.53 Å². The van der Waals surface area contributed by atoms with Crippen LogP contribution in [0.5, 0.6) is 0 Å². The number of aryl methyl sites for hydroxylation is 1. The summed E-state index contributed by atoms with van der Waals surface area (Å²) in [6.07, 6.45) is 0.411. The maximum Gasteiger partial charge on any atom is 0.414 e. The van der Waals surface area contributed by atoms with E-state index in [-0.39, 0.29) is 6.09 Å². The molecule has 0 saturated heterocycles. The Kier molecular flexibility index (Phi) is 5.67. The van der Waals surface area contributed by atoms with Crippen LogP contribution in [0.25, 0.3) is 0 Å². The highest BCUT2D eigenvalue weighted by Crippen LogP contribution is 2.23. The van der Waals surface area contributed by atoms with Crippen LogP contribution in [0.3, 0.4) is 0 Å². The van der Waals surface area contributed by atoms with E-state index in [4.69, 9.17) is 16.3 Å². The van der Waals surface area contributed by atoms with Gasteiger partial charge < -0.3 is 4.74 Å². The summed E-state index contributed by atoms with van der Waals surface area (Å²) in [5.41, 5.74) is 1.44. The summed E-state index contributed by atoms with van der Waals surface area (Å²) in [6.45, 7) is 8.09. The minimum absolute atomic E-state index is 0.322. The van der Waals surface area contributed by atoms with E-state index in [1.807, 2.05) is 52.0 Å². The summed E-state index contributed by atoms with van der Waals surface area (Å²) >= 11 is 5.81. The molecular formula is C15H22ClNO2. The second-order valence-electron chi connectivity index (χ2n) is 5.29. The molecule has 106 valence electrons. The number of hydrogen-bond acceptors (Lipinski definition) is 2. The quantitative estimate of drug-likeness (QED) is 0.774. The largest absolute Gasteiger partial charge is 0.443 e. The van der Waals surface area contributed by atoms with Gasteiger partial charge in [-0.15, -0.1) is 11.6 Å². The zero-order chi connectivity index (χ0) is 14.5. The normalized spacial score (nSPS) is 11.2. The van der Waals surface area contributed by atoms with Crippen molar-refractivity contribution in [3.63, 3.8) is 0 Å². The molecule has 0 aliphatic heterocycles. The number of nitrogens with zero attached hydrogens (tertiary/aromatic N) is 1. The number of alkyl halides is 1. The maximum atomic E-state index is 12.2. The lowest BCUT2D eigenvalue weighted by molar-refractivity contribution is 0.0582. The van der Waals surface area contributed by atoms with Crippen molar-refractivity contribution >= 4 is 23.4 Å². The van der Waals surface area contributed by atoms with E-state index in [1.54, 1.807) is 4.90 Å². The van der Waals surface area contributed by atoms with Crippen molar-refractivity contribution in [2.45, 2.75) is 39.7 Å². The van der Waals surface area contributed by atoms with E-state index in [0.717, 1.165) is 17.7 Å². The molecule has 0 N–H and O–H groups in total. The van der Waals surface area contributed by atoms with Crippen molar-refractivity contribution in [2.24, 2.45) is 0 Å². The lowest BCUT2D eigenvalue weighted by Crippen LogP contribution is -2.37. The molecule has 0 unspecified atom stereocenters. The minimum Gasteiger partial charge on any atom is -0.443 e. The number of carbonyl (C=O) groups excluding carboxylic acids is 1. The molecule has 3 nitrogen and oxygen atoms in total. The van der Waals surface area contributed by atoms with Gasteiger partial charge in [-0.1, -0.05) is 18.2 Å². The van der Waals surface area contributed by atoms with Gasteiger partial charge in [0.15, 0.2) is 0 Å². The smallest absolute Gasteiger partial charge is 0.414 e. The van der Waals surface area contributed by atoms with E-state index in [9.17, 15) is 4.79 Å². The van der Waals surface area contributed by atoms with Crippen molar-refractivity contribution in [2.75, 3.05) is 17.3 Å². The van der Waals surface area contributed by atoms with Crippen LogP contribution >= 0.6 is 11.6 Å². The topological polar surface area (TPSA) is 29.5 Å². The molecule has 0 saturated carbocycles. The molecule has 1 aromatic carbocycles. The van der Waals surface area contributed by atoms with Crippen LogP contribution in [-0.2, 0) is 11.2 Å². The fourth-order valence-electron chi connectivity index (χ4n) is 1.80. The van der Waals surface area contributed by atoms with Gasteiger partial charge in [0.1, 0.15) is 5.60 Å². The van der Waals surface area contributed by atoms with Crippen LogP contribution in [0, 0.1) is 0 Å². The molecule has 1 aromatic rings. The van der Waals surface area contributed by atoms with Crippen LogP contribution in [-0.4, -0.2) is 24.1 Å². The Hall–Kier alpha value is -1.22. The van der Waals surface area contributed by atoms with Crippen LogP contribution in [0.2, 0.25) is 0 Å². The molecule has 0 heterocycles. The predicted molar refractivity (Wildman–Crippen MR) is 80.1 cm³/mol. The predicted octanol–water partition coefficient (Wildman–Crippen LogP) is 4.23. The fourth-order valence-corrected chi connectivity index (χ4v) is 2.01. The molecule has 0 aliphatic carbocycles. The number of amides is 1. The first-order valence-corrected chi connectivity index (χ1v) is 7.07. The lowest BCUT2D eigenvalue weighted by atomic mass is 10.1. The maximum absolute atomic E-state index is 12.2. The first kappa shape index (κ1) is 15.8. The van der Waals surface area contributed by atoms with Gasteiger partial charge in [-0.25, -0.2) is 4.79 Å². The Morgan fingerprint density at radius 3 is 2.47 bits per heavy atom. The van der Waals surface area contributed by atoms with Gasteiger partial charge in [0, 0.05) is 12.4 Å². The second kappa shape index (κ2) is 6.80. The van der Waals surface area contributed by atoms with Gasteiger partial charge in [-0.2, -0.15) is 0 Å². The van der Waals surface area contributed by atoms with Crippen LogP contribution in [0.15, 0.2) is 24.3 Å². The van der Waals surface area contributed by atoms with E-state index < -0.39 is 5.60 Å². The van der Waals surface area contributed by atoms with E-state index >= 15 is 0 Å². The van der Waals surface area contributed by atoms with Gasteiger partial charge in [0.2, 0.25) is 0 Å². The van der Waals surface area contributed by atoms with E-state index in [1.165, 1.54) is 0 Å². The third kappa shape index (κ3) is 4.75. The summed E-state index contributed by atoms with van der Waals surface area (Å²) in [7, 11) is 0. The summed E-state index contributed by atoms with van der Waals surface area (Å²) in [6, 6.07) is 7.79. The number of hydrogen-bond donors (Lipinski definition) is 0. The van der Waals surface area contributed by atoms with Gasteiger partial charge in [0.05, 0.1) is 5.69 Å². The highest BCUT2D eigenvalue weighted by molar-refractivity contribution is 6.18. The highest BCUT2D eigenvalue weighted by atomic mass is 35.5. The molecule has 0 fully saturated rings. The molecule has 0 aliphatic rings. The summed E-state index contributed by atoms with van der Waals surface area (Å²) < 4.78 is 5.43. The van der Waals surface area contributed by atoms with Crippen molar-refractivity contribution in [3.8, 4) is 0 Å². The van der Waals surface area contributed by atoms with Gasteiger partial charge >= 0.3 is 6.09 Å². The third-order valence-electron chi connectivity index (χ3n) is 2.58. The average Bonchev–Trinajstić information content (AvgIpc) is 2.30. The number of halogens is 1. The molecule has 1 rings (SSSR count). The van der Waals surface area contributed by atoms with E-state index in [0.29, 0.717) is 12.4 Å². The third-order valence-corrected chi connectivity index (χ3v) is 2.77. The number of para-hydroxylation sites is 1. The SMILES string of the molecule is CCN(C(=O)OC(C)(C)C)c1ccccc1CCCl. The van der Waals surface area contributed by atoms with Crippen LogP contribution in [0.4, 0.5) is 10.5 Å². The number of benzene rings is 1. The van der Waals surface area contributed by atoms with Gasteiger partial charge in [-0.05, 0) is 45.7 Å². The molecular weight excluding hydrogens is 262 g/mol. The number of carbonyl (C=O) groups is 1. The number of anilines is 1. The molecule has 19 heavy (non-hydrogen) atoms. The first-order chi connectivity index (χ1) is 8.89. The van der Waals surface area contributed by atoms with E-state index in [2.05, 4.69) is 0 Å². The summed E-state index contributed by atoms with van der Waals surface area (Å²) in [5, 5.41) is 0. The average molecular weight is 284 g/mol. The Morgan fingerprint density at radius 2 is 1.95 bits per heavy atom. The second-order valence-corrected chi connectivity index (χ2v) is 5.67. The molecule has 0 bridgehead atoms. The Morgan fingerprint density at radius 1 is 1.32 bits per heavy atom. The van der Waals surface area contributed by atoms with Crippen molar-refractivity contribution in [3.05, 3.63) is 29.8 Å². The lowest BCUT2D eigenvalue weighted by Gasteiger charge is -2.28. The van der Waals surface area contributed by atoms with Crippen molar-refractivity contribution in [1.82, 2.24) is 0 Å². The van der Waals surface area contributed by atoms with Crippen LogP contribution < -0.4 is 4.90 Å². The van der Waals surface area contributed by atoms with Crippen LogP contribution in [0.1, 0.15) is 33.3 Å². The molecule has 0 radical (unpaired) electrons. The molecule has 0 aromatic heterocycles. The summed E-state index contributed by atoms with van der Waals surface area (Å²) in [4.78, 5) is 13.9. The molecule has 1 amide bonds. The first-order valence-electron chi connectivity index (χ1n) is 6.53. The standard InChI is InChI=1S/C15H22ClNO2/c1-5-17(14(18)19-15(2,3)4)13-9-7-6-8-12(13)10-11-16/h6-9H,5,10-11H2,1-4H3. The monoisotopic (exact) mass is 283 g/mol. The molecule has 4 heteroatoms. The minimum atomic E-state index is -0.494. The zero-order valence-electron chi connectivity index (χ0n) is 12.1. The highest BCUT2D eigenvalue weighted by Gasteiger charge is 2.23. The Labute approximate surface area is 120 Å². The van der Waals surface area contributed by atoms with Gasteiger partial charge in [0.25, 0.3) is 0 Å². The Bertz CT molecular complexity index is 426. The summed E-state index contributed by atoms with van der Waals surface area (Å²) in [5.74, 6) is 0.531. The number of rotatable bonds is 4. The van der Waals surface area contributed by atoms with Gasteiger partial charge in [-0.3, -0.25) is 4.90 Å². The Balaban J connectivity index is 3.00. The zero-order valence-corrected chi connectivity index (χ0v) is 12.8. The molecule has 0 spiro atoms.